The topological polar surface area (TPSA) is 46.1 Å². The van der Waals surface area contributed by atoms with Crippen molar-refractivity contribution < 1.29 is 4.79 Å². The van der Waals surface area contributed by atoms with Gasteiger partial charge in [-0.15, -0.1) is 11.3 Å². The quantitative estimate of drug-likeness (QED) is 0.545. The minimum atomic E-state index is 0.143. The number of rotatable bonds is 6. The summed E-state index contributed by atoms with van der Waals surface area (Å²) in [7, 11) is 0. The maximum Gasteiger partial charge on any atom is 0.223 e. The van der Waals surface area contributed by atoms with Gasteiger partial charge in [0.1, 0.15) is 5.01 Å². The first-order chi connectivity index (χ1) is 13.3. The zero-order valence-electron chi connectivity index (χ0n) is 15.2. The van der Waals surface area contributed by atoms with Gasteiger partial charge in [0.05, 0.1) is 22.0 Å². The summed E-state index contributed by atoms with van der Waals surface area (Å²) in [6, 6.07) is 14.3. The minimum absolute atomic E-state index is 0.143. The third-order valence-corrected chi connectivity index (χ3v) is 6.99. The Morgan fingerprint density at radius 3 is 2.93 bits per heavy atom. The van der Waals surface area contributed by atoms with E-state index in [4.69, 9.17) is 4.98 Å². The van der Waals surface area contributed by atoms with E-state index >= 15 is 0 Å². The number of nitrogens with zero attached hydrogens (tertiary/aromatic N) is 3. The van der Waals surface area contributed by atoms with Crippen LogP contribution in [0.25, 0.3) is 10.2 Å². The second kappa shape index (κ2) is 8.85. The number of carbonyl (C=O) groups excluding carboxylic acids is 1. The molecule has 1 unspecified atom stereocenters. The molecule has 4 nitrogen and oxygen atoms in total. The molecule has 1 aliphatic rings. The van der Waals surface area contributed by atoms with Crippen LogP contribution in [0, 0.1) is 0 Å². The lowest BCUT2D eigenvalue weighted by molar-refractivity contribution is -0.134. The molecule has 1 saturated heterocycles. The first kappa shape index (κ1) is 18.4. The Labute approximate surface area is 168 Å². The highest BCUT2D eigenvalue weighted by Crippen LogP contribution is 2.36. The molecule has 1 aliphatic heterocycles. The number of amides is 1. The molecule has 140 valence electrons. The number of likely N-dealkylation sites (tertiary alicyclic amines) is 1. The van der Waals surface area contributed by atoms with Gasteiger partial charge in [-0.2, -0.15) is 11.8 Å². The highest BCUT2D eigenvalue weighted by atomic mass is 32.2. The normalized spacial score (nSPS) is 17.3. The van der Waals surface area contributed by atoms with E-state index in [0.717, 1.165) is 47.1 Å². The van der Waals surface area contributed by atoms with E-state index in [1.165, 1.54) is 11.1 Å². The molecule has 0 bridgehead atoms. The fourth-order valence-electron chi connectivity index (χ4n) is 3.48. The molecule has 0 aliphatic carbocycles. The van der Waals surface area contributed by atoms with Gasteiger partial charge in [-0.25, -0.2) is 4.98 Å². The number of aromatic nitrogens is 2. The summed E-state index contributed by atoms with van der Waals surface area (Å²) in [5.74, 6) is 1.95. The van der Waals surface area contributed by atoms with Crippen LogP contribution >= 0.6 is 23.1 Å². The van der Waals surface area contributed by atoms with Gasteiger partial charge in [-0.1, -0.05) is 18.2 Å². The number of piperidine rings is 1. The Morgan fingerprint density at radius 1 is 1.19 bits per heavy atom. The molecule has 4 rings (SSSR count). The van der Waals surface area contributed by atoms with Crippen LogP contribution in [0.5, 0.6) is 0 Å². The minimum Gasteiger partial charge on any atom is -0.333 e. The van der Waals surface area contributed by atoms with Crippen LogP contribution in [0.3, 0.4) is 0 Å². The number of hydrogen-bond donors (Lipinski definition) is 0. The third kappa shape index (κ3) is 4.50. The summed E-state index contributed by atoms with van der Waals surface area (Å²) in [6.07, 6.45) is 5.68. The zero-order chi connectivity index (χ0) is 18.5. The molecule has 3 aromatic rings. The second-order valence-electron chi connectivity index (χ2n) is 6.74. The number of carbonyl (C=O) groups is 1. The average Bonchev–Trinajstić information content (AvgIpc) is 3.16. The van der Waals surface area contributed by atoms with Gasteiger partial charge in [-0.3, -0.25) is 9.78 Å². The SMILES string of the molecule is O=C(CCSCc1ccccn1)N1CCCCC1c1nc2ccccc2s1. The zero-order valence-corrected chi connectivity index (χ0v) is 16.8. The molecule has 6 heteroatoms. The summed E-state index contributed by atoms with van der Waals surface area (Å²) >= 11 is 3.51. The molecular formula is C21H23N3OS2. The predicted molar refractivity (Wildman–Crippen MR) is 113 cm³/mol. The van der Waals surface area contributed by atoms with E-state index in [1.54, 1.807) is 23.1 Å². The number of benzene rings is 1. The number of para-hydroxylation sites is 1. The molecule has 3 heterocycles. The molecule has 1 fully saturated rings. The lowest BCUT2D eigenvalue weighted by atomic mass is 10.0. The van der Waals surface area contributed by atoms with Crippen molar-refractivity contribution in [3.8, 4) is 0 Å². The van der Waals surface area contributed by atoms with E-state index in [0.29, 0.717) is 6.42 Å². The van der Waals surface area contributed by atoms with Crippen molar-refractivity contribution >= 4 is 39.2 Å². The van der Waals surface area contributed by atoms with Crippen LogP contribution in [-0.4, -0.2) is 33.1 Å². The van der Waals surface area contributed by atoms with Crippen molar-refractivity contribution in [2.45, 2.75) is 37.5 Å². The standard InChI is InChI=1S/C21H23N3OS2/c25-20(11-14-26-15-16-7-3-5-12-22-16)24-13-6-4-9-18(24)21-23-17-8-1-2-10-19(17)27-21/h1-3,5,7-8,10,12,18H,4,6,9,11,13-15H2. The molecule has 0 spiro atoms. The predicted octanol–water partition coefficient (Wildman–Crippen LogP) is 5.07. The number of hydrogen-bond acceptors (Lipinski definition) is 5. The lowest BCUT2D eigenvalue weighted by Gasteiger charge is -2.34. The monoisotopic (exact) mass is 397 g/mol. The van der Waals surface area contributed by atoms with Crippen LogP contribution in [0.2, 0.25) is 0 Å². The summed E-state index contributed by atoms with van der Waals surface area (Å²) in [4.78, 5) is 24.1. The number of thiazole rings is 1. The summed E-state index contributed by atoms with van der Waals surface area (Å²) < 4.78 is 1.20. The molecule has 1 aromatic carbocycles. The van der Waals surface area contributed by atoms with Crippen LogP contribution in [0.1, 0.15) is 42.4 Å². The van der Waals surface area contributed by atoms with E-state index in [-0.39, 0.29) is 11.9 Å². The first-order valence-electron chi connectivity index (χ1n) is 9.44. The fraction of sp³-hybridized carbons (Fsp3) is 0.381. The second-order valence-corrected chi connectivity index (χ2v) is 8.91. The molecule has 0 saturated carbocycles. The van der Waals surface area contributed by atoms with E-state index in [2.05, 4.69) is 22.0 Å². The van der Waals surface area contributed by atoms with Crippen molar-refractivity contribution in [1.82, 2.24) is 14.9 Å². The summed E-state index contributed by atoms with van der Waals surface area (Å²) in [6.45, 7) is 0.852. The van der Waals surface area contributed by atoms with Crippen LogP contribution in [0.4, 0.5) is 0 Å². The molecule has 0 radical (unpaired) electrons. The Balaban J connectivity index is 1.37. The summed E-state index contributed by atoms with van der Waals surface area (Å²) in [5.41, 5.74) is 2.11. The van der Waals surface area contributed by atoms with Gasteiger partial charge < -0.3 is 4.90 Å². The highest BCUT2D eigenvalue weighted by Gasteiger charge is 2.29. The van der Waals surface area contributed by atoms with Gasteiger partial charge in [0.25, 0.3) is 0 Å². The average molecular weight is 398 g/mol. The van der Waals surface area contributed by atoms with Crippen molar-refractivity contribution in [3.05, 3.63) is 59.4 Å². The number of fused-ring (bicyclic) bond motifs is 1. The smallest absolute Gasteiger partial charge is 0.223 e. The van der Waals surface area contributed by atoms with Gasteiger partial charge in [0.15, 0.2) is 0 Å². The Morgan fingerprint density at radius 2 is 2.07 bits per heavy atom. The Hall–Kier alpha value is -1.92. The van der Waals surface area contributed by atoms with Gasteiger partial charge in [0, 0.05) is 30.7 Å². The number of thioether (sulfide) groups is 1. The van der Waals surface area contributed by atoms with E-state index in [1.807, 2.05) is 36.5 Å². The molecule has 27 heavy (non-hydrogen) atoms. The fourth-order valence-corrected chi connectivity index (χ4v) is 5.44. The third-order valence-electron chi connectivity index (χ3n) is 4.85. The van der Waals surface area contributed by atoms with E-state index in [9.17, 15) is 4.79 Å². The van der Waals surface area contributed by atoms with Gasteiger partial charge >= 0.3 is 0 Å². The maximum absolute atomic E-state index is 12.9. The largest absolute Gasteiger partial charge is 0.333 e. The van der Waals surface area contributed by atoms with Crippen molar-refractivity contribution in [2.75, 3.05) is 12.3 Å². The Kier molecular flexibility index (Phi) is 6.04. The van der Waals surface area contributed by atoms with Crippen molar-refractivity contribution in [1.29, 1.82) is 0 Å². The van der Waals surface area contributed by atoms with Crippen molar-refractivity contribution in [2.24, 2.45) is 0 Å². The number of pyridine rings is 1. The van der Waals surface area contributed by atoms with Crippen molar-refractivity contribution in [3.63, 3.8) is 0 Å². The lowest BCUT2D eigenvalue weighted by Crippen LogP contribution is -2.38. The van der Waals surface area contributed by atoms with Crippen LogP contribution in [-0.2, 0) is 10.5 Å². The molecular weight excluding hydrogens is 374 g/mol. The maximum atomic E-state index is 12.9. The van der Waals surface area contributed by atoms with Gasteiger partial charge in [0.2, 0.25) is 5.91 Å². The molecule has 2 aromatic heterocycles. The molecule has 1 atom stereocenters. The van der Waals surface area contributed by atoms with Gasteiger partial charge in [-0.05, 0) is 43.5 Å². The molecule has 1 amide bonds. The first-order valence-corrected chi connectivity index (χ1v) is 11.4. The Bertz CT molecular complexity index is 864. The van der Waals surface area contributed by atoms with E-state index < -0.39 is 0 Å². The molecule has 0 N–H and O–H groups in total. The van der Waals surface area contributed by atoms with Crippen LogP contribution < -0.4 is 0 Å². The summed E-state index contributed by atoms with van der Waals surface area (Å²) in [5, 5.41) is 1.09. The highest BCUT2D eigenvalue weighted by molar-refractivity contribution is 7.98. The van der Waals surface area contributed by atoms with Crippen LogP contribution in [0.15, 0.2) is 48.7 Å².